The number of hydrogen-bond acceptors (Lipinski definition) is 2. The van der Waals surface area contributed by atoms with E-state index < -0.39 is 0 Å². The molecule has 0 amide bonds. The van der Waals surface area contributed by atoms with Crippen molar-refractivity contribution >= 4 is 11.0 Å². The molecule has 4 nitrogen and oxygen atoms in total. The summed E-state index contributed by atoms with van der Waals surface area (Å²) < 4.78 is 3.89. The van der Waals surface area contributed by atoms with Crippen LogP contribution in [0.2, 0.25) is 0 Å². The lowest BCUT2D eigenvalue weighted by Gasteiger charge is -2.17. The smallest absolute Gasteiger partial charge is 0.263 e. The Balaban J connectivity index is 2.49. The molecule has 1 aliphatic heterocycles. The summed E-state index contributed by atoms with van der Waals surface area (Å²) in [5.74, 6) is 0.953. The van der Waals surface area contributed by atoms with Crippen LogP contribution in [-0.2, 0) is 20.0 Å². The summed E-state index contributed by atoms with van der Waals surface area (Å²) in [5.41, 5.74) is 3.19. The van der Waals surface area contributed by atoms with Crippen LogP contribution in [-0.4, -0.2) is 14.1 Å². The van der Waals surface area contributed by atoms with E-state index in [0.29, 0.717) is 0 Å². The second kappa shape index (κ2) is 3.45. The Morgan fingerprint density at radius 1 is 1.24 bits per heavy atom. The lowest BCUT2D eigenvalue weighted by Crippen LogP contribution is -2.28. The summed E-state index contributed by atoms with van der Waals surface area (Å²) >= 11 is 0. The zero-order valence-corrected chi connectivity index (χ0v) is 10.6. The SMILES string of the molecule is Cc1c(C)n(C)c2nc3n(c(=O)c12)CCCC3. The minimum Gasteiger partial charge on any atom is -0.332 e. The minimum absolute atomic E-state index is 0.144. The number of aryl methyl sites for hydroxylation is 3. The van der Waals surface area contributed by atoms with Gasteiger partial charge in [-0.1, -0.05) is 0 Å². The predicted molar refractivity (Wildman–Crippen MR) is 67.4 cm³/mol. The van der Waals surface area contributed by atoms with Gasteiger partial charge >= 0.3 is 0 Å². The van der Waals surface area contributed by atoms with Gasteiger partial charge in [0, 0.05) is 25.7 Å². The van der Waals surface area contributed by atoms with Gasteiger partial charge in [-0.2, -0.15) is 0 Å². The molecule has 0 unspecified atom stereocenters. The standard InChI is InChI=1S/C13H17N3O/c1-8-9(2)15(3)12-11(8)13(17)16-7-5-4-6-10(16)14-12/h4-7H2,1-3H3. The first kappa shape index (κ1) is 10.6. The summed E-state index contributed by atoms with van der Waals surface area (Å²) in [6, 6.07) is 0. The van der Waals surface area contributed by atoms with Crippen LogP contribution in [0.3, 0.4) is 0 Å². The molecule has 0 saturated heterocycles. The van der Waals surface area contributed by atoms with Gasteiger partial charge in [0.25, 0.3) is 5.56 Å². The lowest BCUT2D eigenvalue weighted by molar-refractivity contribution is 0.500. The molecule has 4 heteroatoms. The molecule has 0 spiro atoms. The number of nitrogens with zero attached hydrogens (tertiary/aromatic N) is 3. The van der Waals surface area contributed by atoms with Gasteiger partial charge in [0.15, 0.2) is 0 Å². The molecule has 3 heterocycles. The maximum atomic E-state index is 12.5. The molecule has 0 saturated carbocycles. The van der Waals surface area contributed by atoms with Crippen molar-refractivity contribution < 1.29 is 0 Å². The van der Waals surface area contributed by atoms with Crippen molar-refractivity contribution in [1.29, 1.82) is 0 Å². The number of fused-ring (bicyclic) bond motifs is 2. The highest BCUT2D eigenvalue weighted by atomic mass is 16.1. The molecular formula is C13H17N3O. The minimum atomic E-state index is 0.144. The summed E-state index contributed by atoms with van der Waals surface area (Å²) in [7, 11) is 1.98. The first-order valence-electron chi connectivity index (χ1n) is 6.16. The van der Waals surface area contributed by atoms with Gasteiger partial charge in [-0.3, -0.25) is 9.36 Å². The number of aromatic nitrogens is 3. The van der Waals surface area contributed by atoms with Gasteiger partial charge < -0.3 is 4.57 Å². The van der Waals surface area contributed by atoms with Crippen molar-refractivity contribution in [2.45, 2.75) is 39.7 Å². The van der Waals surface area contributed by atoms with Crippen molar-refractivity contribution in [3.63, 3.8) is 0 Å². The maximum absolute atomic E-state index is 12.5. The molecule has 0 bridgehead atoms. The van der Waals surface area contributed by atoms with Crippen LogP contribution in [0.4, 0.5) is 0 Å². The van der Waals surface area contributed by atoms with Gasteiger partial charge in [-0.15, -0.1) is 0 Å². The number of rotatable bonds is 0. The summed E-state index contributed by atoms with van der Waals surface area (Å²) in [6.07, 6.45) is 3.15. The van der Waals surface area contributed by atoms with Crippen molar-refractivity contribution in [1.82, 2.24) is 14.1 Å². The molecule has 3 rings (SSSR count). The molecule has 1 aliphatic rings. The summed E-state index contributed by atoms with van der Waals surface area (Å²) in [6.45, 7) is 4.88. The normalized spacial score (nSPS) is 15.2. The highest BCUT2D eigenvalue weighted by Gasteiger charge is 2.19. The zero-order valence-electron chi connectivity index (χ0n) is 10.6. The van der Waals surface area contributed by atoms with Crippen LogP contribution in [0.15, 0.2) is 4.79 Å². The largest absolute Gasteiger partial charge is 0.332 e. The predicted octanol–water partition coefficient (Wildman–Crippen LogP) is 1.69. The van der Waals surface area contributed by atoms with Gasteiger partial charge in [0.1, 0.15) is 11.5 Å². The van der Waals surface area contributed by atoms with Gasteiger partial charge in [0.05, 0.1) is 5.39 Å². The van der Waals surface area contributed by atoms with Crippen molar-refractivity contribution in [2.75, 3.05) is 0 Å². The van der Waals surface area contributed by atoms with E-state index in [1.165, 1.54) is 0 Å². The van der Waals surface area contributed by atoms with Crippen molar-refractivity contribution in [2.24, 2.45) is 7.05 Å². The fraction of sp³-hybridized carbons (Fsp3) is 0.538. The van der Waals surface area contributed by atoms with E-state index in [2.05, 4.69) is 4.98 Å². The Hall–Kier alpha value is -1.58. The molecule has 0 aliphatic carbocycles. The Kier molecular flexibility index (Phi) is 2.15. The highest BCUT2D eigenvalue weighted by molar-refractivity contribution is 5.81. The number of hydrogen-bond donors (Lipinski definition) is 0. The summed E-state index contributed by atoms with van der Waals surface area (Å²) in [5, 5.41) is 0.802. The molecule has 17 heavy (non-hydrogen) atoms. The molecule has 2 aromatic rings. The van der Waals surface area contributed by atoms with Crippen LogP contribution in [0, 0.1) is 13.8 Å². The van der Waals surface area contributed by atoms with Gasteiger partial charge in [-0.25, -0.2) is 4.98 Å². The second-order valence-corrected chi connectivity index (χ2v) is 4.91. The third-order valence-corrected chi connectivity index (χ3v) is 4.00. The molecule has 0 aromatic carbocycles. The Bertz CT molecular complexity index is 664. The average molecular weight is 231 g/mol. The fourth-order valence-electron chi connectivity index (χ4n) is 2.72. The van der Waals surface area contributed by atoms with Gasteiger partial charge in [-0.05, 0) is 32.3 Å². The summed E-state index contributed by atoms with van der Waals surface area (Å²) in [4.78, 5) is 17.2. The molecule has 0 radical (unpaired) electrons. The van der Waals surface area contributed by atoms with E-state index >= 15 is 0 Å². The van der Waals surface area contributed by atoms with E-state index in [-0.39, 0.29) is 5.56 Å². The van der Waals surface area contributed by atoms with Crippen LogP contribution < -0.4 is 5.56 Å². The fourth-order valence-corrected chi connectivity index (χ4v) is 2.72. The highest BCUT2D eigenvalue weighted by Crippen LogP contribution is 2.21. The van der Waals surface area contributed by atoms with Crippen LogP contribution in [0.1, 0.15) is 29.9 Å². The molecular weight excluding hydrogens is 214 g/mol. The molecule has 0 fully saturated rings. The van der Waals surface area contributed by atoms with Gasteiger partial charge in [0.2, 0.25) is 0 Å². The van der Waals surface area contributed by atoms with Crippen LogP contribution in [0.25, 0.3) is 11.0 Å². The first-order valence-corrected chi connectivity index (χ1v) is 6.16. The average Bonchev–Trinajstić information content (AvgIpc) is 2.55. The molecule has 0 atom stereocenters. The quantitative estimate of drug-likeness (QED) is 0.692. The second-order valence-electron chi connectivity index (χ2n) is 4.91. The Morgan fingerprint density at radius 2 is 2.00 bits per heavy atom. The third-order valence-electron chi connectivity index (χ3n) is 4.00. The van der Waals surface area contributed by atoms with E-state index in [4.69, 9.17) is 0 Å². The van der Waals surface area contributed by atoms with E-state index in [9.17, 15) is 4.79 Å². The zero-order chi connectivity index (χ0) is 12.2. The van der Waals surface area contributed by atoms with Crippen molar-refractivity contribution in [3.8, 4) is 0 Å². The topological polar surface area (TPSA) is 39.8 Å². The van der Waals surface area contributed by atoms with Crippen LogP contribution >= 0.6 is 0 Å². The molecule has 2 aromatic heterocycles. The van der Waals surface area contributed by atoms with E-state index in [1.54, 1.807) is 0 Å². The van der Waals surface area contributed by atoms with Crippen molar-refractivity contribution in [3.05, 3.63) is 27.4 Å². The third kappa shape index (κ3) is 1.30. The maximum Gasteiger partial charge on any atom is 0.263 e. The molecule has 0 N–H and O–H groups in total. The van der Waals surface area contributed by atoms with E-state index in [0.717, 1.165) is 53.9 Å². The monoisotopic (exact) mass is 231 g/mol. The molecule has 90 valence electrons. The Morgan fingerprint density at radius 3 is 2.76 bits per heavy atom. The Labute approximate surface area is 99.9 Å². The van der Waals surface area contributed by atoms with E-state index in [1.807, 2.05) is 30.0 Å². The van der Waals surface area contributed by atoms with Crippen LogP contribution in [0.5, 0.6) is 0 Å². The lowest BCUT2D eigenvalue weighted by atomic mass is 10.1. The first-order chi connectivity index (χ1) is 8.11.